The number of hydrogen-bond donors (Lipinski definition) is 1. The number of nitrogens with zero attached hydrogens (tertiary/aromatic N) is 2. The molecular formula is C23H25N3O4. The minimum atomic E-state index is -0.717. The Kier molecular flexibility index (Phi) is 7.32. The first-order valence-corrected chi connectivity index (χ1v) is 9.61. The van der Waals surface area contributed by atoms with Gasteiger partial charge in [-0.25, -0.2) is 4.79 Å². The largest absolute Gasteiger partial charge is 0.462 e. The minimum absolute atomic E-state index is 0.156. The first kappa shape index (κ1) is 22.6. The first-order chi connectivity index (χ1) is 14.2. The van der Waals surface area contributed by atoms with Crippen molar-refractivity contribution in [3.8, 4) is 6.07 Å². The number of rotatable bonds is 7. The third-order valence-corrected chi connectivity index (χ3v) is 4.61. The number of pyridine rings is 1. The highest BCUT2D eigenvalue weighted by atomic mass is 16.5. The lowest BCUT2D eigenvalue weighted by atomic mass is 9.93. The lowest BCUT2D eigenvalue weighted by Crippen LogP contribution is -2.27. The van der Waals surface area contributed by atoms with Gasteiger partial charge in [-0.2, -0.15) is 5.26 Å². The Bertz CT molecular complexity index is 1100. The molecule has 0 aliphatic carbocycles. The fraction of sp³-hybridized carbons (Fsp3) is 0.304. The van der Waals surface area contributed by atoms with Gasteiger partial charge >= 0.3 is 5.97 Å². The number of ether oxygens (including phenoxy) is 1. The lowest BCUT2D eigenvalue weighted by molar-refractivity contribution is -0.137. The van der Waals surface area contributed by atoms with Gasteiger partial charge in [0.1, 0.15) is 17.3 Å². The van der Waals surface area contributed by atoms with E-state index < -0.39 is 5.97 Å². The summed E-state index contributed by atoms with van der Waals surface area (Å²) in [5, 5.41) is 9.24. The fourth-order valence-electron chi connectivity index (χ4n) is 3.29. The molecule has 0 spiro atoms. The number of benzene rings is 1. The fourth-order valence-corrected chi connectivity index (χ4v) is 3.29. The van der Waals surface area contributed by atoms with Gasteiger partial charge in [-0.15, -0.1) is 0 Å². The van der Waals surface area contributed by atoms with Gasteiger partial charge in [-0.3, -0.25) is 9.59 Å². The van der Waals surface area contributed by atoms with Crippen molar-refractivity contribution in [3.63, 3.8) is 0 Å². The highest BCUT2D eigenvalue weighted by molar-refractivity contribution is 6.13. The molecule has 7 heteroatoms. The van der Waals surface area contributed by atoms with Crippen molar-refractivity contribution in [2.75, 3.05) is 25.6 Å². The van der Waals surface area contributed by atoms with E-state index in [1.807, 2.05) is 13.0 Å². The summed E-state index contributed by atoms with van der Waals surface area (Å²) in [6.07, 6.45) is 1.96. The molecule has 0 bridgehead atoms. The average Bonchev–Trinajstić information content (AvgIpc) is 2.70. The quantitative estimate of drug-likeness (QED) is 0.328. The third-order valence-electron chi connectivity index (χ3n) is 4.61. The van der Waals surface area contributed by atoms with Crippen LogP contribution in [0.1, 0.15) is 46.6 Å². The maximum atomic E-state index is 13.4. The van der Waals surface area contributed by atoms with E-state index in [9.17, 15) is 19.6 Å². The number of aromatic nitrogens is 1. The standard InChI is InChI=1S/C23H25N3O4/c1-6-18-14(3)25-22(28)20(26(4)5)19(18)21(27)16-10-8-9-15(11-16)12-17(13-24)23(29)30-7-2/h8-12H,6-7H2,1-5H3,(H,25,28)/b17-12-. The van der Waals surface area contributed by atoms with Crippen LogP contribution in [-0.4, -0.2) is 37.4 Å². The molecule has 2 aromatic rings. The number of nitrogens with one attached hydrogen (secondary N) is 1. The molecule has 0 radical (unpaired) electrons. The van der Waals surface area contributed by atoms with Gasteiger partial charge in [0.2, 0.25) is 0 Å². The Labute approximate surface area is 175 Å². The third kappa shape index (κ3) is 4.66. The second-order valence-corrected chi connectivity index (χ2v) is 6.87. The summed E-state index contributed by atoms with van der Waals surface area (Å²) in [6, 6.07) is 8.41. The second-order valence-electron chi connectivity index (χ2n) is 6.87. The summed E-state index contributed by atoms with van der Waals surface area (Å²) in [6.45, 7) is 5.51. The molecule has 1 aromatic heterocycles. The molecule has 156 valence electrons. The number of carbonyl (C=O) groups is 2. The van der Waals surface area contributed by atoms with Crippen molar-refractivity contribution >= 4 is 23.5 Å². The van der Waals surface area contributed by atoms with Gasteiger partial charge in [0.05, 0.1) is 12.2 Å². The molecule has 0 amide bonds. The van der Waals surface area contributed by atoms with Gasteiger partial charge in [-0.1, -0.05) is 25.1 Å². The molecule has 1 aromatic carbocycles. The number of H-pyrrole nitrogens is 1. The maximum Gasteiger partial charge on any atom is 0.348 e. The summed E-state index contributed by atoms with van der Waals surface area (Å²) < 4.78 is 4.87. The molecular weight excluding hydrogens is 382 g/mol. The zero-order chi connectivity index (χ0) is 22.4. The van der Waals surface area contributed by atoms with Crippen LogP contribution in [0, 0.1) is 18.3 Å². The van der Waals surface area contributed by atoms with Crippen LogP contribution < -0.4 is 10.5 Å². The van der Waals surface area contributed by atoms with Crippen LogP contribution in [0.3, 0.4) is 0 Å². The molecule has 0 aliphatic heterocycles. The van der Waals surface area contributed by atoms with Crippen LogP contribution in [0.4, 0.5) is 5.69 Å². The van der Waals surface area contributed by atoms with E-state index >= 15 is 0 Å². The molecule has 0 saturated carbocycles. The van der Waals surface area contributed by atoms with Gasteiger partial charge in [0.25, 0.3) is 5.56 Å². The molecule has 0 atom stereocenters. The maximum absolute atomic E-state index is 13.4. The van der Waals surface area contributed by atoms with Crippen molar-refractivity contribution in [1.82, 2.24) is 4.98 Å². The zero-order valence-electron chi connectivity index (χ0n) is 17.8. The van der Waals surface area contributed by atoms with Crippen LogP contribution in [0.15, 0.2) is 34.6 Å². The van der Waals surface area contributed by atoms with E-state index in [0.29, 0.717) is 34.5 Å². The monoisotopic (exact) mass is 407 g/mol. The number of aromatic amines is 1. The van der Waals surface area contributed by atoms with E-state index in [0.717, 1.165) is 5.56 Å². The summed E-state index contributed by atoms with van der Waals surface area (Å²) in [5.74, 6) is -1.01. The predicted molar refractivity (Wildman–Crippen MR) is 116 cm³/mol. The Morgan fingerprint density at radius 1 is 1.27 bits per heavy atom. The molecule has 30 heavy (non-hydrogen) atoms. The highest BCUT2D eigenvalue weighted by Crippen LogP contribution is 2.25. The number of aryl methyl sites for hydroxylation is 1. The summed E-state index contributed by atoms with van der Waals surface area (Å²) in [5.41, 5.74) is 2.46. The summed E-state index contributed by atoms with van der Waals surface area (Å²) in [7, 11) is 3.43. The summed E-state index contributed by atoms with van der Waals surface area (Å²) >= 11 is 0. The van der Waals surface area contributed by atoms with E-state index in [2.05, 4.69) is 4.98 Å². The van der Waals surface area contributed by atoms with Gasteiger partial charge in [0.15, 0.2) is 5.78 Å². The molecule has 2 rings (SSSR count). The Hall–Kier alpha value is -3.66. The molecule has 0 fully saturated rings. The van der Waals surface area contributed by atoms with E-state index in [1.54, 1.807) is 57.1 Å². The molecule has 0 saturated heterocycles. The number of esters is 1. The Morgan fingerprint density at radius 2 is 1.97 bits per heavy atom. The van der Waals surface area contributed by atoms with E-state index in [1.165, 1.54) is 6.08 Å². The molecule has 0 aliphatic rings. The number of nitriles is 1. The van der Waals surface area contributed by atoms with Crippen LogP contribution in [0.5, 0.6) is 0 Å². The number of anilines is 1. The van der Waals surface area contributed by atoms with Crippen LogP contribution in [0.25, 0.3) is 6.08 Å². The van der Waals surface area contributed by atoms with Gasteiger partial charge in [-0.05, 0) is 43.5 Å². The van der Waals surface area contributed by atoms with E-state index in [4.69, 9.17) is 4.74 Å². The Morgan fingerprint density at radius 3 is 2.53 bits per heavy atom. The number of ketones is 1. The highest BCUT2D eigenvalue weighted by Gasteiger charge is 2.23. The van der Waals surface area contributed by atoms with E-state index in [-0.39, 0.29) is 23.5 Å². The first-order valence-electron chi connectivity index (χ1n) is 9.61. The second kappa shape index (κ2) is 9.70. The van der Waals surface area contributed by atoms with Crippen LogP contribution >= 0.6 is 0 Å². The molecule has 1 heterocycles. The SMILES string of the molecule is CCOC(=O)/C(C#N)=C\c1cccc(C(=O)c2c(CC)c(C)[nH]c(=O)c2N(C)C)c1. The van der Waals surface area contributed by atoms with Crippen molar-refractivity contribution in [2.24, 2.45) is 0 Å². The molecule has 0 unspecified atom stereocenters. The van der Waals surface area contributed by atoms with Crippen LogP contribution in [0.2, 0.25) is 0 Å². The van der Waals surface area contributed by atoms with Crippen LogP contribution in [-0.2, 0) is 16.0 Å². The predicted octanol–water partition coefficient (Wildman–Crippen LogP) is 3.01. The minimum Gasteiger partial charge on any atom is -0.462 e. The molecule has 7 nitrogen and oxygen atoms in total. The van der Waals surface area contributed by atoms with Gasteiger partial charge in [0, 0.05) is 25.4 Å². The van der Waals surface area contributed by atoms with Crippen molar-refractivity contribution in [2.45, 2.75) is 27.2 Å². The lowest BCUT2D eigenvalue weighted by Gasteiger charge is -2.20. The average molecular weight is 407 g/mol. The smallest absolute Gasteiger partial charge is 0.348 e. The van der Waals surface area contributed by atoms with Crippen molar-refractivity contribution < 1.29 is 14.3 Å². The number of hydrogen-bond acceptors (Lipinski definition) is 6. The topological polar surface area (TPSA) is 103 Å². The normalized spacial score (nSPS) is 11.0. The van der Waals surface area contributed by atoms with Crippen molar-refractivity contribution in [1.29, 1.82) is 5.26 Å². The Balaban J connectivity index is 2.62. The zero-order valence-corrected chi connectivity index (χ0v) is 17.8. The van der Waals surface area contributed by atoms with Crippen molar-refractivity contribution in [3.05, 3.63) is 68.1 Å². The molecule has 1 N–H and O–H groups in total. The number of carbonyl (C=O) groups excluding carboxylic acids is 2. The van der Waals surface area contributed by atoms with Gasteiger partial charge < -0.3 is 14.6 Å². The summed E-state index contributed by atoms with van der Waals surface area (Å²) in [4.78, 5) is 42.3.